The Kier molecular flexibility index (Phi) is 4.68. The van der Waals surface area contributed by atoms with Crippen molar-refractivity contribution in [2.45, 2.75) is 45.6 Å². The minimum atomic E-state index is 0.589. The minimum Gasteiger partial charge on any atom is -0.325 e. The van der Waals surface area contributed by atoms with E-state index >= 15 is 0 Å². The van der Waals surface area contributed by atoms with Crippen LogP contribution in [0.15, 0.2) is 0 Å². The van der Waals surface area contributed by atoms with Crippen molar-refractivity contribution in [2.24, 2.45) is 11.7 Å². The van der Waals surface area contributed by atoms with E-state index in [0.29, 0.717) is 6.54 Å². The topological polar surface area (TPSA) is 71.8 Å². The molecule has 0 spiro atoms. The number of fused-ring (bicyclic) bond motifs is 3. The average molecular weight is 223 g/mol. The lowest BCUT2D eigenvalue weighted by Crippen LogP contribution is -2.00. The highest BCUT2D eigenvalue weighted by Crippen LogP contribution is 2.55. The number of rotatable bonds is 1. The molecule has 4 nitrogen and oxygen atoms in total. The van der Waals surface area contributed by atoms with Crippen molar-refractivity contribution in [1.82, 2.24) is 10.2 Å². The third-order valence-electron chi connectivity index (χ3n) is 2.94. The molecular weight excluding hydrogens is 202 g/mol. The first kappa shape index (κ1) is 12.9. The first-order chi connectivity index (χ1) is 7.81. The van der Waals surface area contributed by atoms with E-state index in [1.54, 1.807) is 0 Å². The first-order valence-corrected chi connectivity index (χ1v) is 5.86. The van der Waals surface area contributed by atoms with Crippen LogP contribution in [0.3, 0.4) is 0 Å². The van der Waals surface area contributed by atoms with Crippen molar-refractivity contribution in [2.75, 3.05) is 0 Å². The molecule has 0 amide bonds. The van der Waals surface area contributed by atoms with E-state index in [1.807, 2.05) is 6.79 Å². The van der Waals surface area contributed by atoms with Gasteiger partial charge in [-0.2, -0.15) is 5.10 Å². The number of H-pyrrole nitrogens is 1. The standard InChI is InChI=1S/C8H11N3.C3H8.CH2O/c9-3-7-6-2-4-1-5(4)8(6)11-10-7;1-3-2;1-2/h4-5H,1-3,9H2,(H,10,11);3H2,1-2H3;1H2/t4-,5-;;/m1../s1. The summed E-state index contributed by atoms with van der Waals surface area (Å²) in [4.78, 5) is 8.00. The van der Waals surface area contributed by atoms with E-state index in [2.05, 4.69) is 24.0 Å². The molecule has 2 aliphatic carbocycles. The van der Waals surface area contributed by atoms with Crippen LogP contribution in [-0.2, 0) is 17.8 Å². The van der Waals surface area contributed by atoms with Gasteiger partial charge in [-0.25, -0.2) is 0 Å². The monoisotopic (exact) mass is 223 g/mol. The van der Waals surface area contributed by atoms with Crippen LogP contribution in [0.1, 0.15) is 49.6 Å². The summed E-state index contributed by atoms with van der Waals surface area (Å²) in [6, 6.07) is 0. The number of aromatic amines is 1. The maximum atomic E-state index is 8.00. The van der Waals surface area contributed by atoms with Gasteiger partial charge in [-0.15, -0.1) is 0 Å². The summed E-state index contributed by atoms with van der Waals surface area (Å²) in [5.41, 5.74) is 9.44. The fraction of sp³-hybridized carbons (Fsp3) is 0.667. The number of nitrogens with two attached hydrogens (primary N) is 1. The van der Waals surface area contributed by atoms with Crippen LogP contribution in [0, 0.1) is 5.92 Å². The molecule has 2 aliphatic rings. The molecule has 0 aliphatic heterocycles. The number of aromatic nitrogens is 2. The second-order valence-electron chi connectivity index (χ2n) is 4.28. The smallest absolute Gasteiger partial charge is 0.106 e. The summed E-state index contributed by atoms with van der Waals surface area (Å²) in [5, 5.41) is 7.28. The van der Waals surface area contributed by atoms with Gasteiger partial charge in [0.25, 0.3) is 0 Å². The largest absolute Gasteiger partial charge is 0.325 e. The van der Waals surface area contributed by atoms with Crippen molar-refractivity contribution in [3.05, 3.63) is 17.0 Å². The van der Waals surface area contributed by atoms with Gasteiger partial charge in [0.1, 0.15) is 6.79 Å². The average Bonchev–Trinajstić information content (AvgIpc) is 2.81. The molecule has 4 heteroatoms. The van der Waals surface area contributed by atoms with Gasteiger partial charge in [0.05, 0.1) is 5.69 Å². The second-order valence-corrected chi connectivity index (χ2v) is 4.28. The Morgan fingerprint density at radius 3 is 2.69 bits per heavy atom. The van der Waals surface area contributed by atoms with E-state index in [4.69, 9.17) is 10.5 Å². The summed E-state index contributed by atoms with van der Waals surface area (Å²) in [6.07, 6.45) is 3.85. The van der Waals surface area contributed by atoms with Gasteiger partial charge >= 0.3 is 0 Å². The highest BCUT2D eigenvalue weighted by Gasteiger charge is 2.47. The third-order valence-corrected chi connectivity index (χ3v) is 2.94. The minimum absolute atomic E-state index is 0.589. The summed E-state index contributed by atoms with van der Waals surface area (Å²) in [5.74, 6) is 1.75. The number of nitrogens with one attached hydrogen (secondary N) is 1. The zero-order valence-corrected chi connectivity index (χ0v) is 10.1. The SMILES string of the molecule is C=O.CCC.NCc1n[nH]c2c1C[C@H]1C[C@@H]21. The van der Waals surface area contributed by atoms with E-state index < -0.39 is 0 Å². The molecule has 1 aromatic heterocycles. The molecule has 0 aromatic carbocycles. The predicted octanol–water partition coefficient (Wildman–Crippen LogP) is 1.76. The van der Waals surface area contributed by atoms with E-state index in [-0.39, 0.29) is 0 Å². The van der Waals surface area contributed by atoms with Crippen LogP contribution >= 0.6 is 0 Å². The van der Waals surface area contributed by atoms with Gasteiger partial charge in [0.2, 0.25) is 0 Å². The molecule has 90 valence electrons. The lowest BCUT2D eigenvalue weighted by molar-refractivity contribution is -0.0979. The molecular formula is C12H21N3O. The summed E-state index contributed by atoms with van der Waals surface area (Å²) >= 11 is 0. The summed E-state index contributed by atoms with van der Waals surface area (Å²) in [7, 11) is 0. The lowest BCUT2D eigenvalue weighted by atomic mass is 10.1. The van der Waals surface area contributed by atoms with Crippen molar-refractivity contribution in [3.63, 3.8) is 0 Å². The highest BCUT2D eigenvalue weighted by molar-refractivity contribution is 5.39. The van der Waals surface area contributed by atoms with Gasteiger partial charge in [-0.3, -0.25) is 5.10 Å². The molecule has 0 unspecified atom stereocenters. The Balaban J connectivity index is 0.000000226. The van der Waals surface area contributed by atoms with Crippen LogP contribution in [0.4, 0.5) is 0 Å². The summed E-state index contributed by atoms with van der Waals surface area (Å²) < 4.78 is 0. The molecule has 1 fully saturated rings. The Hall–Kier alpha value is -1.16. The van der Waals surface area contributed by atoms with E-state index in [0.717, 1.165) is 17.5 Å². The van der Waals surface area contributed by atoms with Gasteiger partial charge in [-0.1, -0.05) is 20.3 Å². The number of nitrogens with zero attached hydrogens (tertiary/aromatic N) is 1. The van der Waals surface area contributed by atoms with Crippen molar-refractivity contribution in [3.8, 4) is 0 Å². The Morgan fingerprint density at radius 1 is 1.50 bits per heavy atom. The molecule has 0 saturated heterocycles. The van der Waals surface area contributed by atoms with Crippen molar-refractivity contribution >= 4 is 6.79 Å². The van der Waals surface area contributed by atoms with Crippen LogP contribution in [-0.4, -0.2) is 17.0 Å². The molecule has 3 N–H and O–H groups in total. The number of carbonyl (C=O) groups excluding carboxylic acids is 1. The van der Waals surface area contributed by atoms with Gasteiger partial charge in [0, 0.05) is 18.2 Å². The maximum absolute atomic E-state index is 8.00. The van der Waals surface area contributed by atoms with Crippen molar-refractivity contribution < 1.29 is 4.79 Å². The number of carbonyl (C=O) groups is 1. The molecule has 3 rings (SSSR count). The number of hydrogen-bond donors (Lipinski definition) is 2. The molecule has 1 aromatic rings. The normalized spacial score (nSPS) is 23.2. The third kappa shape index (κ3) is 2.32. The molecule has 0 bridgehead atoms. The molecule has 2 atom stereocenters. The van der Waals surface area contributed by atoms with Crippen molar-refractivity contribution in [1.29, 1.82) is 0 Å². The molecule has 1 heterocycles. The van der Waals surface area contributed by atoms with E-state index in [1.165, 1.54) is 30.5 Å². The Bertz CT molecular complexity index is 335. The number of hydrogen-bond acceptors (Lipinski definition) is 3. The first-order valence-electron chi connectivity index (χ1n) is 5.86. The molecule has 0 radical (unpaired) electrons. The van der Waals surface area contributed by atoms with Gasteiger partial charge in [0.15, 0.2) is 0 Å². The zero-order chi connectivity index (χ0) is 12.1. The molecule has 16 heavy (non-hydrogen) atoms. The highest BCUT2D eigenvalue weighted by atomic mass is 16.1. The lowest BCUT2D eigenvalue weighted by Gasteiger charge is -1.94. The fourth-order valence-electron chi connectivity index (χ4n) is 2.21. The van der Waals surface area contributed by atoms with Gasteiger partial charge in [-0.05, 0) is 24.3 Å². The Labute approximate surface area is 96.6 Å². The zero-order valence-electron chi connectivity index (χ0n) is 10.1. The van der Waals surface area contributed by atoms with Crippen LogP contribution in [0.5, 0.6) is 0 Å². The second kappa shape index (κ2) is 5.80. The maximum Gasteiger partial charge on any atom is 0.106 e. The molecule has 1 saturated carbocycles. The quantitative estimate of drug-likeness (QED) is 0.762. The van der Waals surface area contributed by atoms with Crippen LogP contribution < -0.4 is 5.73 Å². The van der Waals surface area contributed by atoms with Crippen LogP contribution in [0.2, 0.25) is 0 Å². The fourth-order valence-corrected chi connectivity index (χ4v) is 2.21. The van der Waals surface area contributed by atoms with Crippen LogP contribution in [0.25, 0.3) is 0 Å². The predicted molar refractivity (Wildman–Crippen MR) is 64.1 cm³/mol. The summed E-state index contributed by atoms with van der Waals surface area (Å²) in [6.45, 7) is 6.84. The van der Waals surface area contributed by atoms with E-state index in [9.17, 15) is 0 Å². The Morgan fingerprint density at radius 2 is 2.12 bits per heavy atom. The van der Waals surface area contributed by atoms with Gasteiger partial charge < -0.3 is 10.5 Å².